The first-order chi connectivity index (χ1) is 20.1. The van der Waals surface area contributed by atoms with E-state index in [2.05, 4.69) is 36.7 Å². The number of carbonyl (C=O) groups excluding carboxylic acids is 1. The van der Waals surface area contributed by atoms with Crippen molar-refractivity contribution in [3.05, 3.63) is 65.7 Å². The fourth-order valence-corrected chi connectivity index (χ4v) is 7.16. The minimum Gasteiger partial charge on any atom is -0.496 e. The highest BCUT2D eigenvalue weighted by atomic mass is 19.1. The molecule has 10 heteroatoms. The molecular weight excluding hydrogens is 521 g/mol. The summed E-state index contributed by atoms with van der Waals surface area (Å²) < 4.78 is 21.2. The molecule has 1 amide bonds. The van der Waals surface area contributed by atoms with Crippen molar-refractivity contribution in [1.29, 1.82) is 0 Å². The second kappa shape index (κ2) is 12.7. The third-order valence-electron chi connectivity index (χ3n) is 9.32. The van der Waals surface area contributed by atoms with Crippen LogP contribution >= 0.6 is 0 Å². The molecule has 0 spiro atoms. The number of aromatic nitrogens is 4. The minimum absolute atomic E-state index is 0.175. The summed E-state index contributed by atoms with van der Waals surface area (Å²) in [7, 11) is 1.68. The van der Waals surface area contributed by atoms with Gasteiger partial charge in [-0.1, -0.05) is 12.1 Å². The maximum atomic E-state index is 13.9. The van der Waals surface area contributed by atoms with E-state index >= 15 is 0 Å². The lowest BCUT2D eigenvalue weighted by atomic mass is 9.85. The zero-order valence-electron chi connectivity index (χ0n) is 23.8. The number of hydrogen-bond donors (Lipinski definition) is 1. The molecule has 0 radical (unpaired) electrons. The number of nitrogens with one attached hydrogen (secondary N) is 1. The van der Waals surface area contributed by atoms with Crippen LogP contribution in [0.15, 0.2) is 48.8 Å². The number of carbonyl (C=O) groups is 1. The maximum Gasteiger partial charge on any atom is 0.225 e. The van der Waals surface area contributed by atoms with E-state index < -0.39 is 0 Å². The molecule has 3 atom stereocenters. The molecule has 0 unspecified atom stereocenters. The highest BCUT2D eigenvalue weighted by Gasteiger charge is 2.39. The van der Waals surface area contributed by atoms with E-state index in [0.717, 1.165) is 88.2 Å². The fraction of sp³-hybridized carbons (Fsp3) is 0.548. The summed E-state index contributed by atoms with van der Waals surface area (Å²) >= 11 is 0. The standard InChI is InChI=1S/C31H40FN7O2/c1-41-29-11-9-27(39-21-34-35-36-39)18-25(29)19-33-28-10-6-24(30(28)22-4-7-26(32)8-5-22)20-37-16-12-23(13-17-37)31(40)38-14-2-3-15-38/h4-5,7-9,11,18,21,23-24,28,30,33H,2-3,6,10,12-17,19-20H2,1H3/t24-,28+,30-/m1/s1. The molecule has 0 bridgehead atoms. The smallest absolute Gasteiger partial charge is 0.225 e. The van der Waals surface area contributed by atoms with Crippen LogP contribution < -0.4 is 10.1 Å². The normalized spacial score (nSPS) is 23.8. The molecule has 3 aliphatic rings. The second-order valence-electron chi connectivity index (χ2n) is 11.8. The van der Waals surface area contributed by atoms with Gasteiger partial charge in [0.2, 0.25) is 5.91 Å². The van der Waals surface area contributed by atoms with E-state index in [1.807, 2.05) is 24.3 Å². The summed E-state index contributed by atoms with van der Waals surface area (Å²) in [6.07, 6.45) is 7.91. The molecule has 1 aromatic heterocycles. The van der Waals surface area contributed by atoms with Gasteiger partial charge in [-0.15, -0.1) is 5.10 Å². The van der Waals surface area contributed by atoms with E-state index in [0.29, 0.717) is 18.4 Å². The van der Waals surface area contributed by atoms with Gasteiger partial charge in [0.25, 0.3) is 0 Å². The van der Waals surface area contributed by atoms with Gasteiger partial charge in [-0.2, -0.15) is 0 Å². The highest BCUT2D eigenvalue weighted by molar-refractivity contribution is 5.79. The zero-order chi connectivity index (χ0) is 28.2. The number of halogens is 1. The minimum atomic E-state index is -0.207. The van der Waals surface area contributed by atoms with Crippen LogP contribution in [0.5, 0.6) is 5.75 Å². The molecule has 6 rings (SSSR count). The molecule has 1 aliphatic carbocycles. The van der Waals surface area contributed by atoms with Crippen LogP contribution in [0.3, 0.4) is 0 Å². The van der Waals surface area contributed by atoms with Gasteiger partial charge in [0, 0.05) is 49.6 Å². The molecule has 1 N–H and O–H groups in total. The number of likely N-dealkylation sites (tertiary alicyclic amines) is 2. The Kier molecular flexibility index (Phi) is 8.57. The Hall–Kier alpha value is -3.37. The number of ether oxygens (including phenoxy) is 1. The predicted molar refractivity (Wildman–Crippen MR) is 153 cm³/mol. The Balaban J connectivity index is 1.13. The maximum absolute atomic E-state index is 13.9. The molecule has 218 valence electrons. The first kappa shape index (κ1) is 27.8. The van der Waals surface area contributed by atoms with Gasteiger partial charge in [-0.3, -0.25) is 4.79 Å². The molecule has 3 aromatic rings. The topological polar surface area (TPSA) is 88.4 Å². The molecule has 3 fully saturated rings. The number of amides is 1. The van der Waals surface area contributed by atoms with E-state index in [4.69, 9.17) is 4.74 Å². The predicted octanol–water partition coefficient (Wildman–Crippen LogP) is 3.80. The van der Waals surface area contributed by atoms with Crippen molar-refractivity contribution in [2.45, 2.75) is 57.0 Å². The number of benzene rings is 2. The van der Waals surface area contributed by atoms with Gasteiger partial charge in [-0.05, 0) is 104 Å². The van der Waals surface area contributed by atoms with Crippen LogP contribution in [0.4, 0.5) is 4.39 Å². The summed E-state index contributed by atoms with van der Waals surface area (Å²) in [6, 6.07) is 13.2. The fourth-order valence-electron chi connectivity index (χ4n) is 7.16. The second-order valence-corrected chi connectivity index (χ2v) is 11.8. The molecule has 3 heterocycles. The molecule has 2 aliphatic heterocycles. The van der Waals surface area contributed by atoms with Crippen molar-refractivity contribution in [3.63, 3.8) is 0 Å². The lowest BCUT2D eigenvalue weighted by Crippen LogP contribution is -2.43. The summed E-state index contributed by atoms with van der Waals surface area (Å²) in [6.45, 7) is 5.44. The van der Waals surface area contributed by atoms with E-state index in [1.54, 1.807) is 30.3 Å². The van der Waals surface area contributed by atoms with E-state index in [9.17, 15) is 9.18 Å². The molecule has 2 aromatic carbocycles. The van der Waals surface area contributed by atoms with Crippen LogP contribution in [0.25, 0.3) is 5.69 Å². The van der Waals surface area contributed by atoms with Crippen LogP contribution in [-0.2, 0) is 11.3 Å². The lowest BCUT2D eigenvalue weighted by Gasteiger charge is -2.36. The van der Waals surface area contributed by atoms with Crippen molar-refractivity contribution >= 4 is 5.91 Å². The Bertz CT molecular complexity index is 1290. The number of hydrogen-bond acceptors (Lipinski definition) is 7. The van der Waals surface area contributed by atoms with Gasteiger partial charge in [0.15, 0.2) is 0 Å². The Morgan fingerprint density at radius 1 is 1.02 bits per heavy atom. The van der Waals surface area contributed by atoms with Crippen LogP contribution in [0, 0.1) is 17.7 Å². The quantitative estimate of drug-likeness (QED) is 0.425. The Labute approximate surface area is 241 Å². The van der Waals surface area contributed by atoms with Crippen molar-refractivity contribution < 1.29 is 13.9 Å². The van der Waals surface area contributed by atoms with Crippen LogP contribution in [0.1, 0.15) is 55.6 Å². The molecule has 2 saturated heterocycles. The monoisotopic (exact) mass is 561 g/mol. The average Bonchev–Trinajstić information content (AvgIpc) is 3.80. The van der Waals surface area contributed by atoms with E-state index in [-0.39, 0.29) is 23.7 Å². The van der Waals surface area contributed by atoms with Gasteiger partial charge in [0.05, 0.1) is 12.8 Å². The van der Waals surface area contributed by atoms with Crippen molar-refractivity contribution in [3.8, 4) is 11.4 Å². The average molecular weight is 562 g/mol. The van der Waals surface area contributed by atoms with Crippen LogP contribution in [-0.4, -0.2) is 81.8 Å². The van der Waals surface area contributed by atoms with Crippen molar-refractivity contribution in [1.82, 2.24) is 35.3 Å². The summed E-state index contributed by atoms with van der Waals surface area (Å²) in [5.74, 6) is 1.88. The number of tetrazole rings is 1. The third-order valence-corrected chi connectivity index (χ3v) is 9.32. The Morgan fingerprint density at radius 3 is 2.51 bits per heavy atom. The first-order valence-electron chi connectivity index (χ1n) is 15.0. The van der Waals surface area contributed by atoms with Gasteiger partial charge < -0.3 is 19.9 Å². The number of rotatable bonds is 9. The SMILES string of the molecule is COc1ccc(-n2cnnn2)cc1CN[C@H]1CC[C@H](CN2CCC(C(=O)N3CCCC3)CC2)[C@H]1c1ccc(F)cc1. The molecule has 1 saturated carbocycles. The lowest BCUT2D eigenvalue weighted by molar-refractivity contribution is -0.136. The van der Waals surface area contributed by atoms with Crippen molar-refractivity contribution in [2.24, 2.45) is 11.8 Å². The number of methoxy groups -OCH3 is 1. The number of nitrogens with zero attached hydrogens (tertiary/aromatic N) is 6. The summed E-state index contributed by atoms with van der Waals surface area (Å²) in [4.78, 5) is 17.6. The first-order valence-corrected chi connectivity index (χ1v) is 15.0. The summed E-state index contributed by atoms with van der Waals surface area (Å²) in [5.41, 5.74) is 3.09. The van der Waals surface area contributed by atoms with Gasteiger partial charge >= 0.3 is 0 Å². The van der Waals surface area contributed by atoms with Crippen molar-refractivity contribution in [2.75, 3.05) is 39.8 Å². The number of piperidine rings is 1. The molecular formula is C31H40FN7O2. The van der Waals surface area contributed by atoms with Gasteiger partial charge in [0.1, 0.15) is 17.9 Å². The van der Waals surface area contributed by atoms with Crippen LogP contribution in [0.2, 0.25) is 0 Å². The van der Waals surface area contributed by atoms with E-state index in [1.165, 1.54) is 5.56 Å². The third kappa shape index (κ3) is 6.28. The Morgan fingerprint density at radius 2 is 1.80 bits per heavy atom. The largest absolute Gasteiger partial charge is 0.496 e. The zero-order valence-corrected chi connectivity index (χ0v) is 23.8. The molecule has 9 nitrogen and oxygen atoms in total. The van der Waals surface area contributed by atoms with Gasteiger partial charge in [-0.25, -0.2) is 9.07 Å². The molecule has 41 heavy (non-hydrogen) atoms. The summed E-state index contributed by atoms with van der Waals surface area (Å²) in [5, 5.41) is 15.3. The highest BCUT2D eigenvalue weighted by Crippen LogP contribution is 2.41.